The zero-order valence-corrected chi connectivity index (χ0v) is 13.5. The minimum atomic E-state index is -0.902. The number of aliphatic carboxylic acids is 1. The summed E-state index contributed by atoms with van der Waals surface area (Å²) in [5.74, 6) is -1.12. The number of thiazole rings is 1. The van der Waals surface area contributed by atoms with Gasteiger partial charge in [0.25, 0.3) is 5.91 Å². The highest BCUT2D eigenvalue weighted by atomic mass is 32.1. The highest BCUT2D eigenvalue weighted by Crippen LogP contribution is 2.27. The minimum Gasteiger partial charge on any atom is -0.481 e. The van der Waals surface area contributed by atoms with Crippen molar-refractivity contribution in [2.24, 2.45) is 0 Å². The predicted molar refractivity (Wildman–Crippen MR) is 86.5 cm³/mol. The van der Waals surface area contributed by atoms with Crippen LogP contribution in [0, 0.1) is 0 Å². The van der Waals surface area contributed by atoms with Crippen LogP contribution < -0.4 is 5.32 Å². The summed E-state index contributed by atoms with van der Waals surface area (Å²) in [7, 11) is 0. The van der Waals surface area contributed by atoms with Gasteiger partial charge < -0.3 is 10.4 Å². The highest BCUT2D eigenvalue weighted by Gasteiger charge is 2.24. The number of carboxylic acids is 1. The fourth-order valence-corrected chi connectivity index (χ4v) is 2.96. The molecule has 2 rings (SSSR count). The van der Waals surface area contributed by atoms with Gasteiger partial charge in [0.15, 0.2) is 0 Å². The van der Waals surface area contributed by atoms with Crippen LogP contribution in [0.5, 0.6) is 0 Å². The van der Waals surface area contributed by atoms with E-state index in [-0.39, 0.29) is 17.7 Å². The van der Waals surface area contributed by atoms with E-state index in [9.17, 15) is 9.59 Å². The molecule has 116 valence electrons. The van der Waals surface area contributed by atoms with Crippen molar-refractivity contribution in [3.05, 3.63) is 45.9 Å². The van der Waals surface area contributed by atoms with Crippen LogP contribution in [-0.4, -0.2) is 22.0 Å². The molecule has 0 fully saturated rings. The van der Waals surface area contributed by atoms with Crippen molar-refractivity contribution >= 4 is 28.9 Å². The second kappa shape index (κ2) is 6.27. The molecule has 0 saturated heterocycles. The largest absolute Gasteiger partial charge is 0.481 e. The Morgan fingerprint density at radius 3 is 2.68 bits per heavy atom. The van der Waals surface area contributed by atoms with Gasteiger partial charge in [0.2, 0.25) is 0 Å². The fraction of sp³-hybridized carbons (Fsp3) is 0.312. The third-order valence-corrected chi connectivity index (χ3v) is 3.85. The first kappa shape index (κ1) is 16.2. The van der Waals surface area contributed by atoms with E-state index in [0.29, 0.717) is 16.1 Å². The number of hydrogen-bond acceptors (Lipinski definition) is 4. The third kappa shape index (κ3) is 3.92. The molecule has 0 aliphatic heterocycles. The second-order valence-corrected chi connectivity index (χ2v) is 6.86. The second-order valence-electron chi connectivity index (χ2n) is 6.01. The molecule has 5 nitrogen and oxygen atoms in total. The number of hydrogen-bond donors (Lipinski definition) is 2. The molecule has 0 saturated carbocycles. The number of anilines is 1. The minimum absolute atomic E-state index is 0.0719. The smallest absolute Gasteiger partial charge is 0.307 e. The molecule has 0 aliphatic carbocycles. The van der Waals surface area contributed by atoms with E-state index in [0.717, 1.165) is 5.69 Å². The van der Waals surface area contributed by atoms with Crippen molar-refractivity contribution in [2.75, 3.05) is 5.32 Å². The molecule has 22 heavy (non-hydrogen) atoms. The summed E-state index contributed by atoms with van der Waals surface area (Å²) in [4.78, 5) is 28.0. The van der Waals surface area contributed by atoms with Gasteiger partial charge in [0.05, 0.1) is 17.6 Å². The molecule has 2 aromatic rings. The molecule has 1 aromatic heterocycles. The van der Waals surface area contributed by atoms with Gasteiger partial charge in [-0.1, -0.05) is 32.9 Å². The van der Waals surface area contributed by atoms with Gasteiger partial charge in [0, 0.05) is 11.1 Å². The van der Waals surface area contributed by atoms with E-state index in [1.165, 1.54) is 11.3 Å². The first-order valence-electron chi connectivity index (χ1n) is 6.83. The topological polar surface area (TPSA) is 79.3 Å². The van der Waals surface area contributed by atoms with Crippen LogP contribution >= 0.6 is 11.3 Å². The SMILES string of the molecule is CC(C)(C)c1ncsc1C(=O)Nc1cccc(CC(=O)O)c1. The maximum absolute atomic E-state index is 12.4. The van der Waals surface area contributed by atoms with Crippen molar-refractivity contribution < 1.29 is 14.7 Å². The maximum Gasteiger partial charge on any atom is 0.307 e. The molecular weight excluding hydrogens is 300 g/mol. The number of nitrogens with one attached hydrogen (secondary N) is 1. The Hall–Kier alpha value is -2.21. The van der Waals surface area contributed by atoms with E-state index >= 15 is 0 Å². The number of carboxylic acid groups (broad SMARTS) is 1. The number of carbonyl (C=O) groups is 2. The van der Waals surface area contributed by atoms with Crippen LogP contribution in [0.2, 0.25) is 0 Å². The molecule has 2 N–H and O–H groups in total. The van der Waals surface area contributed by atoms with Crippen molar-refractivity contribution in [3.63, 3.8) is 0 Å². The summed E-state index contributed by atoms with van der Waals surface area (Å²) in [6.07, 6.45) is -0.0719. The Morgan fingerprint density at radius 1 is 1.32 bits per heavy atom. The molecule has 0 atom stereocenters. The van der Waals surface area contributed by atoms with Crippen molar-refractivity contribution in [1.29, 1.82) is 0 Å². The lowest BCUT2D eigenvalue weighted by Gasteiger charge is -2.17. The zero-order valence-electron chi connectivity index (χ0n) is 12.7. The van der Waals surface area contributed by atoms with Gasteiger partial charge in [-0.2, -0.15) is 0 Å². The number of nitrogens with zero attached hydrogens (tertiary/aromatic N) is 1. The standard InChI is InChI=1S/C16H18N2O3S/c1-16(2,3)14-13(22-9-17-14)15(21)18-11-6-4-5-10(7-11)8-12(19)20/h4-7,9H,8H2,1-3H3,(H,18,21)(H,19,20). The molecule has 1 aromatic carbocycles. The van der Waals surface area contributed by atoms with Crippen LogP contribution in [0.15, 0.2) is 29.8 Å². The van der Waals surface area contributed by atoms with Crippen molar-refractivity contribution in [2.45, 2.75) is 32.6 Å². The molecule has 1 heterocycles. The Morgan fingerprint density at radius 2 is 2.05 bits per heavy atom. The summed E-state index contributed by atoms with van der Waals surface area (Å²) < 4.78 is 0. The fourth-order valence-electron chi connectivity index (χ4n) is 2.06. The number of aromatic nitrogens is 1. The van der Waals surface area contributed by atoms with Crippen molar-refractivity contribution in [3.8, 4) is 0 Å². The molecular formula is C16H18N2O3S. The Bertz CT molecular complexity index is 701. The monoisotopic (exact) mass is 318 g/mol. The van der Waals surface area contributed by atoms with Gasteiger partial charge in [-0.15, -0.1) is 11.3 Å². The zero-order chi connectivity index (χ0) is 16.3. The average molecular weight is 318 g/mol. The van der Waals surface area contributed by atoms with E-state index in [2.05, 4.69) is 10.3 Å². The van der Waals surface area contributed by atoms with Crippen LogP contribution in [0.25, 0.3) is 0 Å². The van der Waals surface area contributed by atoms with E-state index < -0.39 is 5.97 Å². The van der Waals surface area contributed by atoms with Crippen molar-refractivity contribution in [1.82, 2.24) is 4.98 Å². The number of amides is 1. The summed E-state index contributed by atoms with van der Waals surface area (Å²) in [6, 6.07) is 6.85. The summed E-state index contributed by atoms with van der Waals surface area (Å²) in [5.41, 5.74) is 3.44. The Labute approximate surface area is 133 Å². The summed E-state index contributed by atoms with van der Waals surface area (Å²) >= 11 is 1.30. The highest BCUT2D eigenvalue weighted by molar-refractivity contribution is 7.12. The molecule has 1 amide bonds. The summed E-state index contributed by atoms with van der Waals surface area (Å²) in [6.45, 7) is 6.02. The van der Waals surface area contributed by atoms with Crippen LogP contribution in [0.4, 0.5) is 5.69 Å². The molecule has 0 aliphatic rings. The lowest BCUT2D eigenvalue weighted by molar-refractivity contribution is -0.136. The lowest BCUT2D eigenvalue weighted by Crippen LogP contribution is -2.19. The van der Waals surface area contributed by atoms with Gasteiger partial charge in [-0.05, 0) is 17.7 Å². The normalized spacial score (nSPS) is 11.2. The van der Waals surface area contributed by atoms with E-state index in [1.807, 2.05) is 20.8 Å². The van der Waals surface area contributed by atoms with E-state index in [1.54, 1.807) is 29.8 Å². The van der Waals surface area contributed by atoms with Gasteiger partial charge in [-0.25, -0.2) is 4.98 Å². The molecule has 0 spiro atoms. The maximum atomic E-state index is 12.4. The average Bonchev–Trinajstić information content (AvgIpc) is 2.87. The lowest BCUT2D eigenvalue weighted by atomic mass is 9.91. The first-order valence-corrected chi connectivity index (χ1v) is 7.71. The van der Waals surface area contributed by atoms with Gasteiger partial charge in [-0.3, -0.25) is 9.59 Å². The number of rotatable bonds is 4. The number of carbonyl (C=O) groups excluding carboxylic acids is 1. The third-order valence-electron chi connectivity index (χ3n) is 3.02. The van der Waals surface area contributed by atoms with E-state index in [4.69, 9.17) is 5.11 Å². The molecule has 0 unspecified atom stereocenters. The number of benzene rings is 1. The van der Waals surface area contributed by atoms with Crippen LogP contribution in [0.1, 0.15) is 41.7 Å². The predicted octanol–water partition coefficient (Wildman–Crippen LogP) is 3.32. The first-order chi connectivity index (χ1) is 10.3. The Balaban J connectivity index is 2.19. The molecule has 0 radical (unpaired) electrons. The van der Waals surface area contributed by atoms with Crippen LogP contribution in [0.3, 0.4) is 0 Å². The quantitative estimate of drug-likeness (QED) is 0.906. The Kier molecular flexibility index (Phi) is 4.61. The molecule has 0 bridgehead atoms. The summed E-state index contributed by atoms with van der Waals surface area (Å²) in [5, 5.41) is 11.6. The van der Waals surface area contributed by atoms with Gasteiger partial charge in [0.1, 0.15) is 4.88 Å². The van der Waals surface area contributed by atoms with Crippen LogP contribution in [-0.2, 0) is 16.6 Å². The van der Waals surface area contributed by atoms with Gasteiger partial charge >= 0.3 is 5.97 Å². The molecule has 6 heteroatoms.